The highest BCUT2D eigenvalue weighted by Crippen LogP contribution is 2.27. The topological polar surface area (TPSA) is 58.2 Å². The largest absolute Gasteiger partial charge is 0.315 e. The molecule has 0 radical (unpaired) electrons. The van der Waals surface area contributed by atoms with Gasteiger partial charge in [0.1, 0.15) is 11.5 Å². The monoisotopic (exact) mass is 326 g/mol. The zero-order valence-corrected chi connectivity index (χ0v) is 12.8. The van der Waals surface area contributed by atoms with Crippen LogP contribution in [0.15, 0.2) is 12.1 Å². The van der Waals surface area contributed by atoms with Crippen molar-refractivity contribution >= 4 is 27.3 Å². The molecule has 0 heterocycles. The Bertz CT molecular complexity index is 544. The molecule has 0 spiro atoms. The molecule has 0 aliphatic rings. The van der Waals surface area contributed by atoms with Crippen molar-refractivity contribution in [1.82, 2.24) is 5.32 Å². The summed E-state index contributed by atoms with van der Waals surface area (Å²) in [6.45, 7) is 4.35. The first-order valence-electron chi connectivity index (χ1n) is 6.14. The first-order chi connectivity index (χ1) is 9.27. The summed E-state index contributed by atoms with van der Waals surface area (Å²) in [6.07, 6.45) is 0.874. The Kier molecular flexibility index (Phi) is 6.16. The summed E-state index contributed by atoms with van der Waals surface area (Å²) in [5, 5.41) is 1.86. The van der Waals surface area contributed by atoms with Crippen molar-refractivity contribution in [1.29, 1.82) is 0 Å². The summed E-state index contributed by atoms with van der Waals surface area (Å²) < 4.78 is 52.5. The molecule has 2 N–H and O–H groups in total. The zero-order chi connectivity index (χ0) is 15.3. The second kappa shape index (κ2) is 7.19. The molecule has 0 aromatic heterocycles. The van der Waals surface area contributed by atoms with Gasteiger partial charge in [0, 0.05) is 12.6 Å². The van der Waals surface area contributed by atoms with Crippen molar-refractivity contribution in [3.63, 3.8) is 0 Å². The lowest BCUT2D eigenvalue weighted by Gasteiger charge is -2.16. The van der Waals surface area contributed by atoms with Gasteiger partial charge in [-0.3, -0.25) is 4.72 Å². The van der Waals surface area contributed by atoms with Crippen LogP contribution in [0.4, 0.5) is 14.5 Å². The van der Waals surface area contributed by atoms with E-state index < -0.39 is 32.6 Å². The van der Waals surface area contributed by atoms with Crippen LogP contribution in [0.1, 0.15) is 20.3 Å². The summed E-state index contributed by atoms with van der Waals surface area (Å²) in [4.78, 5) is 0. The van der Waals surface area contributed by atoms with Crippen LogP contribution >= 0.6 is 11.6 Å². The van der Waals surface area contributed by atoms with Crippen molar-refractivity contribution in [3.05, 3.63) is 28.8 Å². The number of hydrogen-bond acceptors (Lipinski definition) is 3. The van der Waals surface area contributed by atoms with Gasteiger partial charge in [0.25, 0.3) is 0 Å². The zero-order valence-electron chi connectivity index (χ0n) is 11.2. The van der Waals surface area contributed by atoms with Gasteiger partial charge < -0.3 is 5.32 Å². The Hall–Kier alpha value is -0.920. The third kappa shape index (κ3) is 4.57. The van der Waals surface area contributed by atoms with Crippen LogP contribution in [0.2, 0.25) is 5.02 Å². The van der Waals surface area contributed by atoms with Gasteiger partial charge in [0.05, 0.1) is 10.3 Å². The van der Waals surface area contributed by atoms with E-state index >= 15 is 0 Å². The highest BCUT2D eigenvalue weighted by atomic mass is 35.5. The third-order valence-electron chi connectivity index (χ3n) is 2.64. The average Bonchev–Trinajstić information content (AvgIpc) is 2.34. The van der Waals surface area contributed by atoms with Crippen molar-refractivity contribution in [3.8, 4) is 0 Å². The summed E-state index contributed by atoms with van der Waals surface area (Å²) in [5.74, 6) is -1.92. The maximum atomic E-state index is 13.5. The molecule has 114 valence electrons. The second-order valence-electron chi connectivity index (χ2n) is 4.41. The van der Waals surface area contributed by atoms with Crippen LogP contribution in [-0.2, 0) is 10.0 Å². The van der Waals surface area contributed by atoms with Gasteiger partial charge in [0.2, 0.25) is 10.0 Å². The number of rotatable bonds is 7. The van der Waals surface area contributed by atoms with Gasteiger partial charge in [-0.05, 0) is 26.0 Å². The van der Waals surface area contributed by atoms with Gasteiger partial charge in [-0.1, -0.05) is 18.5 Å². The molecule has 20 heavy (non-hydrogen) atoms. The number of halogens is 3. The van der Waals surface area contributed by atoms with E-state index in [2.05, 4.69) is 10.0 Å². The van der Waals surface area contributed by atoms with E-state index in [0.717, 1.165) is 12.5 Å². The number of anilines is 1. The van der Waals surface area contributed by atoms with E-state index in [1.54, 1.807) is 0 Å². The first-order valence-corrected chi connectivity index (χ1v) is 8.07. The van der Waals surface area contributed by atoms with Gasteiger partial charge in [0.15, 0.2) is 5.82 Å². The van der Waals surface area contributed by atoms with Crippen LogP contribution in [-0.4, -0.2) is 26.8 Å². The Morgan fingerprint density at radius 1 is 1.35 bits per heavy atom. The summed E-state index contributed by atoms with van der Waals surface area (Å²) in [5.41, 5.74) is -0.435. The maximum absolute atomic E-state index is 13.5. The molecular formula is C12H17ClF2N2O2S. The average molecular weight is 327 g/mol. The highest BCUT2D eigenvalue weighted by Gasteiger charge is 2.23. The lowest BCUT2D eigenvalue weighted by atomic mass is 10.3. The van der Waals surface area contributed by atoms with Crippen molar-refractivity contribution in [2.45, 2.75) is 25.5 Å². The summed E-state index contributed by atoms with van der Waals surface area (Å²) in [6, 6.07) is 1.42. The molecule has 1 rings (SSSR count). The van der Waals surface area contributed by atoms with E-state index in [9.17, 15) is 17.2 Å². The van der Waals surface area contributed by atoms with Crippen molar-refractivity contribution in [2.24, 2.45) is 0 Å². The van der Waals surface area contributed by atoms with Crippen molar-refractivity contribution < 1.29 is 17.2 Å². The van der Waals surface area contributed by atoms with Crippen LogP contribution in [0.5, 0.6) is 0 Å². The number of benzene rings is 1. The molecule has 0 saturated heterocycles. The lowest BCUT2D eigenvalue weighted by molar-refractivity contribution is 0.571. The minimum atomic E-state index is -3.81. The molecule has 4 nitrogen and oxygen atoms in total. The normalized spacial score (nSPS) is 13.2. The molecule has 0 aliphatic heterocycles. The fraction of sp³-hybridized carbons (Fsp3) is 0.500. The molecule has 0 amide bonds. The van der Waals surface area contributed by atoms with Crippen LogP contribution in [0, 0.1) is 11.6 Å². The second-order valence-corrected chi connectivity index (χ2v) is 6.91. The van der Waals surface area contributed by atoms with Crippen LogP contribution in [0.3, 0.4) is 0 Å². The van der Waals surface area contributed by atoms with Crippen LogP contribution in [0.25, 0.3) is 0 Å². The molecule has 0 fully saturated rings. The predicted octanol–water partition coefficient (Wildman–Crippen LogP) is 2.75. The fourth-order valence-corrected chi connectivity index (χ4v) is 2.80. The molecule has 0 bridgehead atoms. The Morgan fingerprint density at radius 2 is 2.00 bits per heavy atom. The third-order valence-corrected chi connectivity index (χ3v) is 4.65. The Morgan fingerprint density at radius 3 is 2.55 bits per heavy atom. The first kappa shape index (κ1) is 17.1. The minimum absolute atomic E-state index is 0.226. The van der Waals surface area contributed by atoms with Gasteiger partial charge >= 0.3 is 0 Å². The van der Waals surface area contributed by atoms with E-state index in [4.69, 9.17) is 11.6 Å². The molecule has 8 heteroatoms. The number of hydrogen-bond donors (Lipinski definition) is 2. The molecule has 0 aliphatic carbocycles. The van der Waals surface area contributed by atoms with E-state index in [-0.39, 0.29) is 11.6 Å². The Labute approximate surface area is 122 Å². The minimum Gasteiger partial charge on any atom is -0.315 e. The lowest BCUT2D eigenvalue weighted by Crippen LogP contribution is -2.35. The number of nitrogens with one attached hydrogen (secondary N) is 2. The standard InChI is InChI=1S/C12H17ClF2N2O2S/c1-3-4-16-7-8(2)20(18,19)17-12-10(13)5-9(14)6-11(12)15/h5-6,8,16-17H,3-4,7H2,1-2H3. The van der Waals surface area contributed by atoms with E-state index in [1.165, 1.54) is 6.92 Å². The van der Waals surface area contributed by atoms with E-state index in [0.29, 0.717) is 12.6 Å². The summed E-state index contributed by atoms with van der Waals surface area (Å²) in [7, 11) is -3.81. The Balaban J connectivity index is 2.86. The molecule has 1 aromatic rings. The predicted molar refractivity (Wildman–Crippen MR) is 76.5 cm³/mol. The highest BCUT2D eigenvalue weighted by molar-refractivity contribution is 7.93. The molecule has 1 unspecified atom stereocenters. The molecule has 0 saturated carbocycles. The van der Waals surface area contributed by atoms with Crippen molar-refractivity contribution in [2.75, 3.05) is 17.8 Å². The van der Waals surface area contributed by atoms with Crippen LogP contribution < -0.4 is 10.0 Å². The SMILES string of the molecule is CCCNCC(C)S(=O)(=O)Nc1c(F)cc(F)cc1Cl. The molecular weight excluding hydrogens is 310 g/mol. The smallest absolute Gasteiger partial charge is 0.236 e. The van der Waals surface area contributed by atoms with E-state index in [1.807, 2.05) is 6.92 Å². The molecule has 1 aromatic carbocycles. The molecule has 1 atom stereocenters. The number of sulfonamides is 1. The maximum Gasteiger partial charge on any atom is 0.236 e. The fourth-order valence-electron chi connectivity index (χ4n) is 1.47. The van der Waals surface area contributed by atoms with Gasteiger partial charge in [-0.15, -0.1) is 0 Å². The quantitative estimate of drug-likeness (QED) is 0.757. The van der Waals surface area contributed by atoms with Gasteiger partial charge in [-0.2, -0.15) is 0 Å². The summed E-state index contributed by atoms with van der Waals surface area (Å²) >= 11 is 5.65. The van der Waals surface area contributed by atoms with Gasteiger partial charge in [-0.25, -0.2) is 17.2 Å².